The van der Waals surface area contributed by atoms with Crippen LogP contribution in [0.3, 0.4) is 0 Å². The molecule has 0 bridgehead atoms. The maximum absolute atomic E-state index is 4.47. The number of H-pyrrole nitrogens is 1. The van der Waals surface area contributed by atoms with Crippen molar-refractivity contribution in [3.8, 4) is 0 Å². The summed E-state index contributed by atoms with van der Waals surface area (Å²) >= 11 is 0. The zero-order chi connectivity index (χ0) is 13.2. The van der Waals surface area contributed by atoms with E-state index in [1.54, 1.807) is 0 Å². The summed E-state index contributed by atoms with van der Waals surface area (Å²) in [5, 5.41) is 11.7. The van der Waals surface area contributed by atoms with Gasteiger partial charge in [0.15, 0.2) is 5.82 Å². The van der Waals surface area contributed by atoms with Crippen LogP contribution in [0.2, 0.25) is 0 Å². The Balaban J connectivity index is 1.63. The van der Waals surface area contributed by atoms with Gasteiger partial charge in [0.1, 0.15) is 5.82 Å². The average molecular weight is 260 g/mol. The van der Waals surface area contributed by atoms with Gasteiger partial charge >= 0.3 is 0 Å². The second kappa shape index (κ2) is 5.13. The van der Waals surface area contributed by atoms with Crippen molar-refractivity contribution in [2.75, 3.05) is 13.1 Å². The van der Waals surface area contributed by atoms with Gasteiger partial charge in [0.2, 0.25) is 0 Å². The molecule has 6 nitrogen and oxygen atoms in total. The fraction of sp³-hybridized carbons (Fsp3) is 0.615. The van der Waals surface area contributed by atoms with E-state index >= 15 is 0 Å². The summed E-state index contributed by atoms with van der Waals surface area (Å²) in [4.78, 5) is 6.93. The van der Waals surface area contributed by atoms with E-state index in [0.29, 0.717) is 6.04 Å². The zero-order valence-electron chi connectivity index (χ0n) is 11.5. The normalized spacial score (nSPS) is 20.2. The summed E-state index contributed by atoms with van der Waals surface area (Å²) in [5.41, 5.74) is 1.07. The minimum atomic E-state index is 0.363. The molecule has 2 aromatic rings. The van der Waals surface area contributed by atoms with Crippen molar-refractivity contribution < 1.29 is 0 Å². The van der Waals surface area contributed by atoms with Crippen LogP contribution in [0.25, 0.3) is 0 Å². The van der Waals surface area contributed by atoms with Gasteiger partial charge in [0.25, 0.3) is 0 Å². The van der Waals surface area contributed by atoms with Gasteiger partial charge in [-0.3, -0.25) is 14.7 Å². The Labute approximate surface area is 112 Å². The topological polar surface area (TPSA) is 62.6 Å². The molecule has 6 heteroatoms. The van der Waals surface area contributed by atoms with Crippen LogP contribution in [0.1, 0.15) is 36.2 Å². The Morgan fingerprint density at radius 2 is 2.26 bits per heavy atom. The van der Waals surface area contributed by atoms with Gasteiger partial charge in [-0.05, 0) is 39.3 Å². The molecular weight excluding hydrogens is 240 g/mol. The highest BCUT2D eigenvalue weighted by Gasteiger charge is 2.28. The van der Waals surface area contributed by atoms with Gasteiger partial charge in [-0.15, -0.1) is 0 Å². The SMILES string of the molecule is Cc1ccn(CCN2CCC[C@H]2c2n[nH]c(C)n2)n1. The molecule has 1 fully saturated rings. The highest BCUT2D eigenvalue weighted by molar-refractivity contribution is 4.99. The van der Waals surface area contributed by atoms with E-state index in [1.165, 1.54) is 6.42 Å². The van der Waals surface area contributed by atoms with Crippen LogP contribution in [0, 0.1) is 13.8 Å². The third-order valence-corrected chi connectivity index (χ3v) is 3.67. The number of hydrogen-bond donors (Lipinski definition) is 1. The molecular formula is C13H20N6. The van der Waals surface area contributed by atoms with E-state index in [-0.39, 0.29) is 0 Å². The Hall–Kier alpha value is -1.69. The van der Waals surface area contributed by atoms with Gasteiger partial charge in [0, 0.05) is 12.7 Å². The van der Waals surface area contributed by atoms with Crippen LogP contribution in [0.4, 0.5) is 0 Å². The summed E-state index contributed by atoms with van der Waals surface area (Å²) in [6.07, 6.45) is 4.41. The van der Waals surface area contributed by atoms with Crippen LogP contribution >= 0.6 is 0 Å². The molecule has 1 atom stereocenters. The average Bonchev–Trinajstić information content (AvgIpc) is 3.07. The number of rotatable bonds is 4. The predicted molar refractivity (Wildman–Crippen MR) is 71.6 cm³/mol. The van der Waals surface area contributed by atoms with Gasteiger partial charge in [-0.1, -0.05) is 0 Å². The zero-order valence-corrected chi connectivity index (χ0v) is 11.5. The fourth-order valence-electron chi connectivity index (χ4n) is 2.71. The van der Waals surface area contributed by atoms with Crippen molar-refractivity contribution in [2.24, 2.45) is 0 Å². The number of hydrogen-bond acceptors (Lipinski definition) is 4. The van der Waals surface area contributed by atoms with E-state index < -0.39 is 0 Å². The van der Waals surface area contributed by atoms with Gasteiger partial charge < -0.3 is 0 Å². The molecule has 102 valence electrons. The van der Waals surface area contributed by atoms with Crippen molar-refractivity contribution in [1.29, 1.82) is 0 Å². The molecule has 0 radical (unpaired) electrons. The Kier molecular flexibility index (Phi) is 3.33. The summed E-state index contributed by atoms with van der Waals surface area (Å²) < 4.78 is 2.01. The van der Waals surface area contributed by atoms with Crippen LogP contribution in [0.5, 0.6) is 0 Å². The minimum absolute atomic E-state index is 0.363. The van der Waals surface area contributed by atoms with E-state index in [1.807, 2.05) is 30.8 Å². The minimum Gasteiger partial charge on any atom is -0.291 e. The number of likely N-dealkylation sites (tertiary alicyclic amines) is 1. The first-order chi connectivity index (χ1) is 9.22. The molecule has 3 heterocycles. The number of aryl methyl sites for hydroxylation is 2. The van der Waals surface area contributed by atoms with Gasteiger partial charge in [0.05, 0.1) is 18.3 Å². The number of nitrogens with zero attached hydrogens (tertiary/aromatic N) is 5. The molecule has 0 amide bonds. The summed E-state index contributed by atoms with van der Waals surface area (Å²) in [6.45, 7) is 7.01. The molecule has 1 N–H and O–H groups in total. The summed E-state index contributed by atoms with van der Waals surface area (Å²) in [6, 6.07) is 2.40. The van der Waals surface area contributed by atoms with E-state index in [2.05, 4.69) is 25.2 Å². The lowest BCUT2D eigenvalue weighted by molar-refractivity contribution is 0.235. The molecule has 1 saturated heterocycles. The van der Waals surface area contributed by atoms with E-state index in [9.17, 15) is 0 Å². The lowest BCUT2D eigenvalue weighted by Crippen LogP contribution is -2.28. The molecule has 0 aliphatic carbocycles. The molecule has 0 unspecified atom stereocenters. The van der Waals surface area contributed by atoms with Crippen molar-refractivity contribution in [3.05, 3.63) is 29.6 Å². The number of nitrogens with one attached hydrogen (secondary N) is 1. The predicted octanol–water partition coefficient (Wildman–Crippen LogP) is 1.46. The third kappa shape index (κ3) is 2.68. The van der Waals surface area contributed by atoms with Crippen LogP contribution in [-0.4, -0.2) is 43.0 Å². The number of aromatic amines is 1. The highest BCUT2D eigenvalue weighted by Crippen LogP contribution is 2.29. The van der Waals surface area contributed by atoms with E-state index in [4.69, 9.17) is 0 Å². The van der Waals surface area contributed by atoms with Crippen LogP contribution in [-0.2, 0) is 6.54 Å². The fourth-order valence-corrected chi connectivity index (χ4v) is 2.71. The quantitative estimate of drug-likeness (QED) is 0.904. The van der Waals surface area contributed by atoms with Gasteiger partial charge in [-0.25, -0.2) is 4.98 Å². The van der Waals surface area contributed by atoms with E-state index in [0.717, 1.165) is 43.4 Å². The molecule has 1 aliphatic rings. The van der Waals surface area contributed by atoms with Crippen molar-refractivity contribution in [1.82, 2.24) is 29.9 Å². The molecule has 2 aromatic heterocycles. The maximum atomic E-state index is 4.47. The highest BCUT2D eigenvalue weighted by atomic mass is 15.3. The first-order valence-corrected chi connectivity index (χ1v) is 6.85. The second-order valence-corrected chi connectivity index (χ2v) is 5.19. The van der Waals surface area contributed by atoms with Gasteiger partial charge in [-0.2, -0.15) is 10.2 Å². The molecule has 0 spiro atoms. The monoisotopic (exact) mass is 260 g/mol. The Morgan fingerprint density at radius 3 is 2.95 bits per heavy atom. The summed E-state index contributed by atoms with van der Waals surface area (Å²) in [5.74, 6) is 1.83. The van der Waals surface area contributed by atoms with Crippen LogP contribution < -0.4 is 0 Å². The van der Waals surface area contributed by atoms with Crippen LogP contribution in [0.15, 0.2) is 12.3 Å². The second-order valence-electron chi connectivity index (χ2n) is 5.19. The molecule has 19 heavy (non-hydrogen) atoms. The largest absolute Gasteiger partial charge is 0.291 e. The lowest BCUT2D eigenvalue weighted by Gasteiger charge is -2.21. The van der Waals surface area contributed by atoms with Crippen molar-refractivity contribution in [2.45, 2.75) is 39.3 Å². The number of aromatic nitrogens is 5. The first-order valence-electron chi connectivity index (χ1n) is 6.85. The molecule has 3 rings (SSSR count). The smallest absolute Gasteiger partial charge is 0.167 e. The maximum Gasteiger partial charge on any atom is 0.167 e. The molecule has 1 aliphatic heterocycles. The Morgan fingerprint density at radius 1 is 1.37 bits per heavy atom. The standard InChI is InChI=1S/C13H20N6/c1-10-5-7-19(17-10)9-8-18-6-3-4-12(18)13-14-11(2)15-16-13/h5,7,12H,3-4,6,8-9H2,1-2H3,(H,14,15,16)/t12-/m0/s1. The third-order valence-electron chi connectivity index (χ3n) is 3.67. The van der Waals surface area contributed by atoms with Crippen molar-refractivity contribution in [3.63, 3.8) is 0 Å². The van der Waals surface area contributed by atoms with Crippen molar-refractivity contribution >= 4 is 0 Å². The first kappa shape index (κ1) is 12.3. The Bertz CT molecular complexity index is 543. The molecule has 0 saturated carbocycles. The molecule has 0 aromatic carbocycles. The lowest BCUT2D eigenvalue weighted by atomic mass is 10.2. The summed E-state index contributed by atoms with van der Waals surface area (Å²) in [7, 11) is 0.